The molecule has 7 nitrogen and oxygen atoms in total. The number of para-hydroxylation sites is 1. The molecule has 1 aromatic heterocycles. The summed E-state index contributed by atoms with van der Waals surface area (Å²) in [7, 11) is 1.58. The van der Waals surface area contributed by atoms with Crippen LogP contribution >= 0.6 is 49.9 Å². The lowest BCUT2D eigenvalue weighted by Crippen LogP contribution is -2.40. The molecule has 1 atom stereocenters. The second-order valence-corrected chi connectivity index (χ2v) is 12.2. The molecule has 0 radical (unpaired) electrons. The molecule has 1 N–H and O–H groups in total. The normalized spacial score (nSPS) is 14.7. The molecular formula is C31H25BrIN3O4S. The maximum Gasteiger partial charge on any atom is 0.271 e. The highest BCUT2D eigenvalue weighted by molar-refractivity contribution is 14.1. The van der Waals surface area contributed by atoms with Crippen molar-refractivity contribution in [3.63, 3.8) is 0 Å². The molecule has 1 amide bonds. The number of anilines is 1. The number of nitrogens with zero attached hydrogens (tertiary/aromatic N) is 2. The lowest BCUT2D eigenvalue weighted by atomic mass is 9.95. The van der Waals surface area contributed by atoms with Crippen molar-refractivity contribution in [1.82, 2.24) is 4.57 Å². The van der Waals surface area contributed by atoms with Gasteiger partial charge in [0.25, 0.3) is 11.5 Å². The monoisotopic (exact) mass is 741 g/mol. The smallest absolute Gasteiger partial charge is 0.271 e. The average Bonchev–Trinajstić information content (AvgIpc) is 3.26. The minimum atomic E-state index is -0.716. The van der Waals surface area contributed by atoms with Gasteiger partial charge in [-0.15, -0.1) is 0 Å². The first-order valence-electron chi connectivity index (χ1n) is 12.6. The van der Waals surface area contributed by atoms with Crippen LogP contribution in [0.2, 0.25) is 0 Å². The lowest BCUT2D eigenvalue weighted by Gasteiger charge is -2.25. The van der Waals surface area contributed by atoms with E-state index < -0.39 is 6.04 Å². The molecule has 208 valence electrons. The standard InChI is InChI=1S/C31H25BrIN3O4S/c1-4-13-40-28-20(14-21(32)17-24(28)33)16-25-30(38)36-27(19-9-8-12-23(15-19)39-3)26(18(2)34-31(36)41-25)29(37)35-22-10-6-5-7-11-22/h4-12,14-17,27H,1,13H2,2-3H3,(H,35,37)/b25-16-/t27-/m1/s1. The minimum absolute atomic E-state index is 0.260. The van der Waals surface area contributed by atoms with Crippen LogP contribution < -0.4 is 29.7 Å². The van der Waals surface area contributed by atoms with E-state index in [1.165, 1.54) is 11.3 Å². The van der Waals surface area contributed by atoms with Crippen molar-refractivity contribution in [3.05, 3.63) is 130 Å². The van der Waals surface area contributed by atoms with E-state index in [4.69, 9.17) is 14.5 Å². The molecule has 10 heteroatoms. The van der Waals surface area contributed by atoms with E-state index >= 15 is 0 Å². The van der Waals surface area contributed by atoms with E-state index in [1.54, 1.807) is 30.8 Å². The van der Waals surface area contributed by atoms with Gasteiger partial charge in [0.2, 0.25) is 0 Å². The van der Waals surface area contributed by atoms with Crippen LogP contribution in [0.4, 0.5) is 5.69 Å². The number of carbonyl (C=O) groups excluding carboxylic acids is 1. The maximum absolute atomic E-state index is 14.1. The van der Waals surface area contributed by atoms with Crippen LogP contribution in [0.15, 0.2) is 105 Å². The molecule has 1 aliphatic rings. The summed E-state index contributed by atoms with van der Waals surface area (Å²) < 4.78 is 15.2. The van der Waals surface area contributed by atoms with Crippen LogP contribution in [-0.4, -0.2) is 24.2 Å². The van der Waals surface area contributed by atoms with E-state index in [0.717, 1.165) is 19.2 Å². The minimum Gasteiger partial charge on any atom is -0.497 e. The molecule has 0 fully saturated rings. The van der Waals surface area contributed by atoms with Crippen LogP contribution in [0.1, 0.15) is 24.1 Å². The van der Waals surface area contributed by atoms with Crippen LogP contribution in [0.25, 0.3) is 6.08 Å². The van der Waals surface area contributed by atoms with Gasteiger partial charge in [0.1, 0.15) is 18.1 Å². The quantitative estimate of drug-likeness (QED) is 0.183. The summed E-state index contributed by atoms with van der Waals surface area (Å²) in [6.45, 7) is 5.86. The zero-order chi connectivity index (χ0) is 29.1. The van der Waals surface area contributed by atoms with Crippen molar-refractivity contribution in [2.75, 3.05) is 19.0 Å². The van der Waals surface area contributed by atoms with Gasteiger partial charge in [-0.3, -0.25) is 14.2 Å². The topological polar surface area (TPSA) is 81.9 Å². The Balaban J connectivity index is 1.70. The molecule has 41 heavy (non-hydrogen) atoms. The number of fused-ring (bicyclic) bond motifs is 1. The molecular weight excluding hydrogens is 717 g/mol. The second kappa shape index (κ2) is 12.6. The Kier molecular flexibility index (Phi) is 8.91. The Morgan fingerprint density at radius 3 is 2.71 bits per heavy atom. The van der Waals surface area contributed by atoms with Gasteiger partial charge in [-0.05, 0) is 77.6 Å². The SMILES string of the molecule is C=CCOc1c(I)cc(Br)cc1/C=c1\sc2n(c1=O)[C@H](c1cccc(OC)c1)C(C(=O)Nc1ccccc1)=C(C)N=2. The summed E-state index contributed by atoms with van der Waals surface area (Å²) in [5, 5.41) is 2.97. The molecule has 5 rings (SSSR count). The van der Waals surface area contributed by atoms with E-state index in [1.807, 2.05) is 66.7 Å². The molecule has 4 aromatic rings. The highest BCUT2D eigenvalue weighted by atomic mass is 127. The number of aromatic nitrogens is 1. The summed E-state index contributed by atoms with van der Waals surface area (Å²) in [6.07, 6.45) is 3.48. The van der Waals surface area contributed by atoms with Gasteiger partial charge in [-0.2, -0.15) is 0 Å². The zero-order valence-electron chi connectivity index (χ0n) is 22.2. The fourth-order valence-corrected chi connectivity index (χ4v) is 7.33. The number of amides is 1. The van der Waals surface area contributed by atoms with Crippen molar-refractivity contribution < 1.29 is 14.3 Å². The van der Waals surface area contributed by atoms with Crippen molar-refractivity contribution in [2.45, 2.75) is 13.0 Å². The number of hydrogen-bond acceptors (Lipinski definition) is 6. The third kappa shape index (κ3) is 6.09. The molecule has 3 aromatic carbocycles. The van der Waals surface area contributed by atoms with Gasteiger partial charge in [0.15, 0.2) is 4.80 Å². The maximum atomic E-state index is 14.1. The van der Waals surface area contributed by atoms with Crippen molar-refractivity contribution in [3.8, 4) is 11.5 Å². The van der Waals surface area contributed by atoms with E-state index in [2.05, 4.69) is 50.4 Å². The number of rotatable bonds is 8. The number of nitrogens with one attached hydrogen (secondary N) is 1. The third-order valence-electron chi connectivity index (χ3n) is 6.38. The summed E-state index contributed by atoms with van der Waals surface area (Å²) in [6, 6.07) is 19.7. The fourth-order valence-electron chi connectivity index (χ4n) is 4.58. The van der Waals surface area contributed by atoms with Gasteiger partial charge in [-0.1, -0.05) is 70.3 Å². The number of thiazole rings is 1. The van der Waals surface area contributed by atoms with Crippen LogP contribution in [0.5, 0.6) is 11.5 Å². The Bertz CT molecular complexity index is 1860. The molecule has 0 aliphatic carbocycles. The lowest BCUT2D eigenvalue weighted by molar-refractivity contribution is -0.113. The zero-order valence-corrected chi connectivity index (χ0v) is 26.7. The summed E-state index contributed by atoms with van der Waals surface area (Å²) in [4.78, 5) is 33.1. The number of halogens is 2. The van der Waals surface area contributed by atoms with E-state index in [-0.39, 0.29) is 11.5 Å². The number of benzene rings is 3. The molecule has 1 aliphatic heterocycles. The van der Waals surface area contributed by atoms with E-state index in [9.17, 15) is 9.59 Å². The Morgan fingerprint density at radius 2 is 1.98 bits per heavy atom. The predicted molar refractivity (Wildman–Crippen MR) is 174 cm³/mol. The third-order valence-corrected chi connectivity index (χ3v) is 8.62. The molecule has 0 bridgehead atoms. The van der Waals surface area contributed by atoms with E-state index in [0.29, 0.717) is 44.4 Å². The molecule has 0 saturated carbocycles. The average molecular weight is 742 g/mol. The number of hydrogen-bond donors (Lipinski definition) is 1. The van der Waals surface area contributed by atoms with Crippen molar-refractivity contribution in [2.24, 2.45) is 4.99 Å². The summed E-state index contributed by atoms with van der Waals surface area (Å²) in [5.74, 6) is 0.944. The number of allylic oxidation sites excluding steroid dienone is 1. The molecule has 0 spiro atoms. The Morgan fingerprint density at radius 1 is 1.20 bits per heavy atom. The van der Waals surface area contributed by atoms with Gasteiger partial charge in [0, 0.05) is 15.7 Å². The molecule has 2 heterocycles. The van der Waals surface area contributed by atoms with Gasteiger partial charge < -0.3 is 14.8 Å². The largest absolute Gasteiger partial charge is 0.497 e. The van der Waals surface area contributed by atoms with Gasteiger partial charge in [0.05, 0.1) is 32.5 Å². The molecule has 0 saturated heterocycles. The summed E-state index contributed by atoms with van der Waals surface area (Å²) in [5.41, 5.74) is 2.78. The fraction of sp³-hybridized carbons (Fsp3) is 0.129. The van der Waals surface area contributed by atoms with Gasteiger partial charge >= 0.3 is 0 Å². The first-order chi connectivity index (χ1) is 19.8. The van der Waals surface area contributed by atoms with Crippen LogP contribution in [0, 0.1) is 3.57 Å². The Labute approximate surface area is 262 Å². The summed E-state index contributed by atoms with van der Waals surface area (Å²) >= 11 is 7.03. The predicted octanol–water partition coefficient (Wildman–Crippen LogP) is 5.81. The second-order valence-electron chi connectivity index (χ2n) is 9.08. The first kappa shape index (κ1) is 29.0. The van der Waals surface area contributed by atoms with Crippen LogP contribution in [0.3, 0.4) is 0 Å². The number of methoxy groups -OCH3 is 1. The van der Waals surface area contributed by atoms with Crippen molar-refractivity contribution >= 4 is 67.5 Å². The van der Waals surface area contributed by atoms with Gasteiger partial charge in [-0.25, -0.2) is 4.99 Å². The van der Waals surface area contributed by atoms with Crippen molar-refractivity contribution in [1.29, 1.82) is 0 Å². The van der Waals surface area contributed by atoms with Crippen LogP contribution in [-0.2, 0) is 4.79 Å². The number of ether oxygens (including phenoxy) is 2. The number of carbonyl (C=O) groups is 1. The molecule has 0 unspecified atom stereocenters. The highest BCUT2D eigenvalue weighted by Crippen LogP contribution is 2.33. The first-order valence-corrected chi connectivity index (χ1v) is 15.2. The Hall–Kier alpha value is -3.48. The highest BCUT2D eigenvalue weighted by Gasteiger charge is 2.33.